The van der Waals surface area contributed by atoms with E-state index < -0.39 is 17.6 Å². The summed E-state index contributed by atoms with van der Waals surface area (Å²) in [6, 6.07) is 8.70. The molecule has 3 amide bonds. The molecule has 0 radical (unpaired) electrons. The first-order valence-corrected chi connectivity index (χ1v) is 15.4. The van der Waals surface area contributed by atoms with Gasteiger partial charge in [0.2, 0.25) is 5.95 Å². The fourth-order valence-corrected chi connectivity index (χ4v) is 6.09. The lowest BCUT2D eigenvalue weighted by Gasteiger charge is -2.35. The van der Waals surface area contributed by atoms with Crippen molar-refractivity contribution in [3.63, 3.8) is 0 Å². The zero-order chi connectivity index (χ0) is 34.3. The Bertz CT molecular complexity index is 1860. The van der Waals surface area contributed by atoms with Gasteiger partial charge < -0.3 is 15.5 Å². The van der Waals surface area contributed by atoms with Gasteiger partial charge in [-0.15, -0.1) is 0 Å². The van der Waals surface area contributed by atoms with E-state index in [9.17, 15) is 22.8 Å². The number of halogens is 3. The summed E-state index contributed by atoms with van der Waals surface area (Å²) in [5.41, 5.74) is 2.22. The van der Waals surface area contributed by atoms with Gasteiger partial charge >= 0.3 is 12.2 Å². The highest BCUT2D eigenvalue weighted by atomic mass is 19.4. The van der Waals surface area contributed by atoms with Gasteiger partial charge in [0.25, 0.3) is 5.91 Å². The quantitative estimate of drug-likeness (QED) is 0.263. The molecule has 15 heteroatoms. The molecule has 1 fully saturated rings. The molecule has 252 valence electrons. The first-order chi connectivity index (χ1) is 22.8. The number of carbonyl (C=O) groups excluding carboxylic acids is 2. The Morgan fingerprint density at radius 1 is 1.08 bits per heavy atom. The van der Waals surface area contributed by atoms with Crippen molar-refractivity contribution < 1.29 is 22.8 Å². The van der Waals surface area contributed by atoms with Crippen LogP contribution >= 0.6 is 0 Å². The fraction of sp³-hybridized carbons (Fsp3) is 0.364. The second-order valence-electron chi connectivity index (χ2n) is 12.5. The number of aryl methyl sites for hydroxylation is 2. The summed E-state index contributed by atoms with van der Waals surface area (Å²) in [6.45, 7) is 3.54. The molecule has 0 aliphatic carbocycles. The predicted molar refractivity (Wildman–Crippen MR) is 176 cm³/mol. The van der Waals surface area contributed by atoms with Crippen LogP contribution in [0.15, 0.2) is 55.0 Å². The molecular weight excluding hydrogens is 625 g/mol. The van der Waals surface area contributed by atoms with Gasteiger partial charge in [-0.2, -0.15) is 23.3 Å². The van der Waals surface area contributed by atoms with Crippen LogP contribution in [0.2, 0.25) is 0 Å². The molecule has 6 rings (SSSR count). The number of likely N-dealkylation sites (tertiary alicyclic amines) is 1. The maximum atomic E-state index is 14.2. The number of nitrogens with one attached hydrogen (secondary N) is 2. The van der Waals surface area contributed by atoms with Crippen molar-refractivity contribution >= 4 is 40.8 Å². The average molecular weight is 663 g/mol. The largest absolute Gasteiger partial charge is 0.416 e. The van der Waals surface area contributed by atoms with Crippen molar-refractivity contribution in [1.29, 1.82) is 0 Å². The minimum Gasteiger partial charge on any atom is -0.322 e. The number of aromatic nitrogens is 4. The van der Waals surface area contributed by atoms with Gasteiger partial charge in [-0.3, -0.25) is 24.2 Å². The molecule has 0 saturated carbocycles. The van der Waals surface area contributed by atoms with E-state index in [4.69, 9.17) is 0 Å². The van der Waals surface area contributed by atoms with Gasteiger partial charge in [0.1, 0.15) is 5.82 Å². The summed E-state index contributed by atoms with van der Waals surface area (Å²) in [5, 5.41) is 9.91. The van der Waals surface area contributed by atoms with Crippen LogP contribution in [0, 0.1) is 6.92 Å². The van der Waals surface area contributed by atoms with E-state index in [1.807, 2.05) is 25.9 Å². The number of likely N-dealkylation sites (N-methyl/N-ethyl adjacent to an activating group) is 1. The van der Waals surface area contributed by atoms with Crippen LogP contribution in [0.3, 0.4) is 0 Å². The molecule has 2 aliphatic rings. The molecule has 1 saturated heterocycles. The molecule has 12 nitrogen and oxygen atoms in total. The molecule has 48 heavy (non-hydrogen) atoms. The van der Waals surface area contributed by atoms with Crippen LogP contribution < -0.4 is 20.4 Å². The topological polar surface area (TPSA) is 115 Å². The number of alkyl halides is 3. The van der Waals surface area contributed by atoms with Gasteiger partial charge in [0.15, 0.2) is 0 Å². The number of rotatable bonds is 8. The van der Waals surface area contributed by atoms with Crippen molar-refractivity contribution in [2.24, 2.45) is 7.05 Å². The lowest BCUT2D eigenvalue weighted by Crippen LogP contribution is -2.46. The maximum Gasteiger partial charge on any atom is 0.416 e. The van der Waals surface area contributed by atoms with Gasteiger partial charge in [-0.25, -0.2) is 9.78 Å². The third-order valence-corrected chi connectivity index (χ3v) is 8.77. The van der Waals surface area contributed by atoms with Crippen molar-refractivity contribution in [3.8, 4) is 0 Å². The number of anilines is 5. The Morgan fingerprint density at radius 3 is 2.56 bits per heavy atom. The lowest BCUT2D eigenvalue weighted by molar-refractivity contribution is -0.138. The minimum absolute atomic E-state index is 0.114. The Balaban J connectivity index is 1.19. The van der Waals surface area contributed by atoms with E-state index >= 15 is 0 Å². The molecule has 1 atom stereocenters. The third-order valence-electron chi connectivity index (χ3n) is 8.77. The van der Waals surface area contributed by atoms with Crippen LogP contribution in [0.4, 0.5) is 46.8 Å². The third kappa shape index (κ3) is 6.82. The van der Waals surface area contributed by atoms with Crippen LogP contribution in [0.25, 0.3) is 0 Å². The summed E-state index contributed by atoms with van der Waals surface area (Å²) < 4.78 is 44.2. The minimum atomic E-state index is -4.63. The Hall–Kier alpha value is -5.02. The van der Waals surface area contributed by atoms with Crippen molar-refractivity contribution in [1.82, 2.24) is 29.5 Å². The normalized spacial score (nSPS) is 16.9. The summed E-state index contributed by atoms with van der Waals surface area (Å²) in [4.78, 5) is 42.8. The van der Waals surface area contributed by atoms with Gasteiger partial charge in [-0.05, 0) is 62.8 Å². The summed E-state index contributed by atoms with van der Waals surface area (Å²) in [5.74, 6) is 0.0718. The zero-order valence-electron chi connectivity index (χ0n) is 27.3. The van der Waals surface area contributed by atoms with E-state index in [2.05, 4.69) is 30.6 Å². The SMILES string of the molecule is Cc1ccc(NC(=O)c2ccc(CN3CCC(N(C)C)C3)c(C(F)(F)F)c2)cc1N1Cc2cnc(Nc3cnn(C)c3)nc2N(C)C1=O. The second kappa shape index (κ2) is 12.9. The Kier molecular flexibility index (Phi) is 8.83. The van der Waals surface area contributed by atoms with Gasteiger partial charge in [0.05, 0.1) is 29.7 Å². The molecule has 2 N–H and O–H groups in total. The molecule has 2 aromatic carbocycles. The van der Waals surface area contributed by atoms with Crippen molar-refractivity contribution in [2.75, 3.05) is 54.7 Å². The smallest absolute Gasteiger partial charge is 0.322 e. The number of fused-ring (bicyclic) bond motifs is 1. The molecule has 0 spiro atoms. The number of amides is 3. The van der Waals surface area contributed by atoms with Crippen LogP contribution in [0.1, 0.15) is 39.0 Å². The first kappa shape index (κ1) is 32.9. The van der Waals surface area contributed by atoms with E-state index in [1.165, 1.54) is 17.0 Å². The molecule has 4 aromatic rings. The second-order valence-corrected chi connectivity index (χ2v) is 12.5. The van der Waals surface area contributed by atoms with Crippen LogP contribution in [-0.2, 0) is 26.3 Å². The number of carbonyl (C=O) groups is 2. The highest BCUT2D eigenvalue weighted by Crippen LogP contribution is 2.36. The van der Waals surface area contributed by atoms with Crippen LogP contribution in [0.5, 0.6) is 0 Å². The Labute approximate surface area is 276 Å². The summed E-state index contributed by atoms with van der Waals surface area (Å²) >= 11 is 0. The van der Waals surface area contributed by atoms with Crippen molar-refractivity contribution in [3.05, 3.63) is 82.8 Å². The monoisotopic (exact) mass is 662 g/mol. The average Bonchev–Trinajstić information content (AvgIpc) is 3.68. The summed E-state index contributed by atoms with van der Waals surface area (Å²) in [7, 11) is 7.34. The molecule has 2 aromatic heterocycles. The van der Waals surface area contributed by atoms with Gasteiger partial charge in [0, 0.05) is 69.0 Å². The van der Waals surface area contributed by atoms with E-state index in [0.717, 1.165) is 18.1 Å². The lowest BCUT2D eigenvalue weighted by atomic mass is 10.0. The van der Waals surface area contributed by atoms with Crippen LogP contribution in [-0.4, -0.2) is 81.8 Å². The molecular formula is C33H37F3N10O2. The van der Waals surface area contributed by atoms with E-state index in [-0.39, 0.29) is 30.2 Å². The fourth-order valence-electron chi connectivity index (χ4n) is 6.09. The molecule has 0 bridgehead atoms. The summed E-state index contributed by atoms with van der Waals surface area (Å²) in [6.07, 6.45) is 1.31. The standard InChI is InChI=1S/C33H37F3N10O2/c1-20-6-9-24(39-30(47)21-7-8-22(27(12-21)33(34,35)36)16-45-11-10-26(19-45)42(2)3)13-28(20)46-17-23-14-37-31(40-25-15-38-43(4)18-25)41-29(23)44(5)32(46)48/h6-9,12-15,18,26H,10-11,16-17,19H2,1-5H3,(H,39,47)(H,37,40,41). The maximum absolute atomic E-state index is 14.2. The van der Waals surface area contributed by atoms with Crippen molar-refractivity contribution in [2.45, 2.75) is 38.7 Å². The highest BCUT2D eigenvalue weighted by Gasteiger charge is 2.36. The predicted octanol–water partition coefficient (Wildman–Crippen LogP) is 5.25. The number of urea groups is 1. The highest BCUT2D eigenvalue weighted by molar-refractivity contribution is 6.07. The van der Waals surface area contributed by atoms with E-state index in [0.29, 0.717) is 53.5 Å². The molecule has 4 heterocycles. The number of nitrogens with zero attached hydrogens (tertiary/aromatic N) is 8. The Morgan fingerprint density at radius 2 is 1.88 bits per heavy atom. The zero-order valence-corrected chi connectivity index (χ0v) is 27.3. The number of hydrogen-bond donors (Lipinski definition) is 2. The first-order valence-electron chi connectivity index (χ1n) is 15.4. The number of benzene rings is 2. The molecule has 1 unspecified atom stereocenters. The molecule has 2 aliphatic heterocycles. The number of hydrogen-bond acceptors (Lipinski definition) is 8. The van der Waals surface area contributed by atoms with E-state index in [1.54, 1.807) is 60.5 Å². The van der Waals surface area contributed by atoms with Gasteiger partial charge in [-0.1, -0.05) is 12.1 Å².